The van der Waals surface area contributed by atoms with Gasteiger partial charge < -0.3 is 18.6 Å². The van der Waals surface area contributed by atoms with E-state index in [1.165, 1.54) is 156 Å². The Balaban J connectivity index is 0.666. The van der Waals surface area contributed by atoms with Crippen LogP contribution in [0.3, 0.4) is 0 Å². The first-order valence-electron chi connectivity index (χ1n) is 34.4. The first-order valence-corrected chi connectivity index (χ1v) is 36.1. The Labute approximate surface area is 581 Å². The molecule has 4 nitrogen and oxygen atoms in total. The zero-order valence-electron chi connectivity index (χ0n) is 53.5. The van der Waals surface area contributed by atoms with Crippen LogP contribution in [0.1, 0.15) is 44.5 Å². The summed E-state index contributed by atoms with van der Waals surface area (Å²) >= 11 is 3.74. The number of ether oxygens (including phenoxy) is 2. The summed E-state index contributed by atoms with van der Waals surface area (Å²) in [6.07, 6.45) is 0. The standard InChI is InChI=1S/C94H52N2O2S2/c1-3-19-59-53(17-1)33-40-67-70-49-79-85(97-83-30-14-12-28-77(83)93(79)73-25-9-5-21-61(73)62-22-6-10-26-74(62)93)51-81(70)95(91(59)67)57-38-44-88-72(47-57)66-39-35-56(46-89(66)100-88)55-36-43-76-69(45-55)63-23-7-11-27-75(63)94(76)78-29-13-15-31-84(78)98-86-52-82-71(50-80(86)94)68-41-34-54-18-2-4-20-60(54)92(68)96(82)58-37-42-65-64-24-8-16-32-87(64)99-90(65)48-58/h1-52H. The van der Waals surface area contributed by atoms with Crippen molar-refractivity contribution in [2.45, 2.75) is 10.8 Å². The molecule has 2 spiro atoms. The van der Waals surface area contributed by atoms with Crippen LogP contribution < -0.4 is 9.47 Å². The number of rotatable bonds is 3. The van der Waals surface area contributed by atoms with E-state index in [1.807, 2.05) is 22.7 Å². The normalized spacial score (nSPS) is 15.1. The number of hydrogen-bond donors (Lipinski definition) is 0. The van der Waals surface area contributed by atoms with E-state index in [4.69, 9.17) is 9.47 Å². The monoisotopic (exact) mass is 1300 g/mol. The van der Waals surface area contributed by atoms with Gasteiger partial charge in [0.2, 0.25) is 0 Å². The van der Waals surface area contributed by atoms with E-state index in [9.17, 15) is 0 Å². The molecule has 0 saturated carbocycles. The van der Waals surface area contributed by atoms with Crippen molar-refractivity contribution in [3.8, 4) is 67.8 Å². The molecule has 2 aliphatic carbocycles. The first kappa shape index (κ1) is 53.8. The van der Waals surface area contributed by atoms with Crippen molar-refractivity contribution in [2.75, 3.05) is 0 Å². The minimum Gasteiger partial charge on any atom is -0.457 e. The van der Waals surface area contributed by atoms with Crippen LogP contribution in [-0.2, 0) is 10.8 Å². The zero-order chi connectivity index (χ0) is 64.8. The summed E-state index contributed by atoms with van der Waals surface area (Å²) in [4.78, 5) is 0. The van der Waals surface area contributed by atoms with Crippen molar-refractivity contribution in [2.24, 2.45) is 0 Å². The summed E-state index contributed by atoms with van der Waals surface area (Å²) in [6, 6.07) is 119. The van der Waals surface area contributed by atoms with E-state index in [0.717, 1.165) is 62.1 Å². The van der Waals surface area contributed by atoms with Crippen molar-refractivity contribution < 1.29 is 9.47 Å². The molecule has 6 heterocycles. The van der Waals surface area contributed by atoms with Gasteiger partial charge in [0.1, 0.15) is 23.0 Å². The highest BCUT2D eigenvalue weighted by molar-refractivity contribution is 7.26. The largest absolute Gasteiger partial charge is 0.457 e. The number of benzene rings is 16. The van der Waals surface area contributed by atoms with Gasteiger partial charge in [0, 0.05) is 118 Å². The second-order valence-electron chi connectivity index (χ2n) is 27.6. The molecule has 4 aliphatic rings. The molecule has 0 saturated heterocycles. The second-order valence-corrected chi connectivity index (χ2v) is 29.8. The van der Waals surface area contributed by atoms with E-state index in [0.29, 0.717) is 0 Å². The van der Waals surface area contributed by atoms with Gasteiger partial charge in [-0.2, -0.15) is 0 Å². The van der Waals surface area contributed by atoms with E-state index in [2.05, 4.69) is 325 Å². The lowest BCUT2D eigenvalue weighted by molar-refractivity contribution is 0.437. The molecular weight excluding hydrogens is 1250 g/mol. The lowest BCUT2D eigenvalue weighted by Gasteiger charge is -2.39. The number of thiophene rings is 2. The SMILES string of the molecule is c1ccc2c(c1)Oc1cc3c(cc1C21c2ccccc2-c2ccccc21)c1ccc2ccccc2c1n3-c1ccc2sc3cc(-c4ccc5c(c4)-c4ccccc4C54c5ccccc5Oc5cc6c(cc54)c4ccc5ccccc5c4n6-c4ccc5c(c4)sc4ccccc45)ccc3c2c1. The summed E-state index contributed by atoms with van der Waals surface area (Å²) < 4.78 is 24.6. The molecule has 0 N–H and O–H groups in total. The molecule has 0 amide bonds. The molecule has 1 atom stereocenters. The Morgan fingerprint density at radius 2 is 0.650 bits per heavy atom. The summed E-state index contributed by atoms with van der Waals surface area (Å²) in [5.74, 6) is 3.51. The summed E-state index contributed by atoms with van der Waals surface area (Å²) in [5, 5.41) is 14.8. The maximum atomic E-state index is 7.28. The quantitative estimate of drug-likeness (QED) is 0.176. The second kappa shape index (κ2) is 19.3. The Hall–Kier alpha value is -12.3. The topological polar surface area (TPSA) is 28.3 Å². The average Bonchev–Trinajstić information content (AvgIpc) is 1.49. The van der Waals surface area contributed by atoms with Crippen LogP contribution in [0.2, 0.25) is 0 Å². The fraction of sp³-hybridized carbons (Fsp3) is 0.0213. The average molecular weight is 1310 g/mol. The minimum absolute atomic E-state index is 0.577. The summed E-state index contributed by atoms with van der Waals surface area (Å²) in [5.41, 5.74) is 22.7. The van der Waals surface area contributed by atoms with Crippen molar-refractivity contribution >= 4 is 128 Å². The lowest BCUT2D eigenvalue weighted by Crippen LogP contribution is -2.32. The first-order chi connectivity index (χ1) is 49.5. The van der Waals surface area contributed by atoms with Crippen molar-refractivity contribution in [1.29, 1.82) is 0 Å². The van der Waals surface area contributed by atoms with Gasteiger partial charge >= 0.3 is 0 Å². The van der Waals surface area contributed by atoms with Crippen LogP contribution in [0.25, 0.3) is 150 Å². The molecule has 6 heteroatoms. The van der Waals surface area contributed by atoms with E-state index in [1.54, 1.807) is 0 Å². The molecule has 100 heavy (non-hydrogen) atoms. The maximum absolute atomic E-state index is 7.28. The van der Waals surface area contributed by atoms with E-state index < -0.39 is 10.8 Å². The molecule has 0 radical (unpaired) electrons. The molecule has 0 bridgehead atoms. The zero-order valence-corrected chi connectivity index (χ0v) is 55.2. The Morgan fingerprint density at radius 1 is 0.230 bits per heavy atom. The van der Waals surface area contributed by atoms with Crippen LogP contribution in [0.4, 0.5) is 0 Å². The highest BCUT2D eigenvalue weighted by atomic mass is 32.1. The molecular formula is C94H52N2O2S2. The molecule has 16 aromatic carbocycles. The number of nitrogens with zero attached hydrogens (tertiary/aromatic N) is 2. The fourth-order valence-electron chi connectivity index (χ4n) is 19.0. The number of aromatic nitrogens is 2. The predicted octanol–water partition coefficient (Wildman–Crippen LogP) is 25.5. The van der Waals surface area contributed by atoms with Crippen molar-refractivity contribution in [3.63, 3.8) is 0 Å². The van der Waals surface area contributed by atoms with Gasteiger partial charge in [0.15, 0.2) is 0 Å². The summed E-state index contributed by atoms with van der Waals surface area (Å²) in [6.45, 7) is 0. The van der Waals surface area contributed by atoms with Gasteiger partial charge in [-0.15, -0.1) is 22.7 Å². The van der Waals surface area contributed by atoms with E-state index >= 15 is 0 Å². The van der Waals surface area contributed by atoms with Gasteiger partial charge in [-0.05, 0) is 139 Å². The molecule has 1 unspecified atom stereocenters. The van der Waals surface area contributed by atoms with Crippen molar-refractivity contribution in [3.05, 3.63) is 360 Å². The third-order valence-corrected chi connectivity index (χ3v) is 25.3. The summed E-state index contributed by atoms with van der Waals surface area (Å²) in [7, 11) is 0. The molecule has 2 aliphatic heterocycles. The Morgan fingerprint density at radius 3 is 1.26 bits per heavy atom. The van der Waals surface area contributed by atoms with Crippen LogP contribution >= 0.6 is 22.7 Å². The van der Waals surface area contributed by atoms with Gasteiger partial charge in [0.25, 0.3) is 0 Å². The van der Waals surface area contributed by atoms with Crippen molar-refractivity contribution in [1.82, 2.24) is 9.13 Å². The van der Waals surface area contributed by atoms with Crippen LogP contribution in [-0.4, -0.2) is 9.13 Å². The van der Waals surface area contributed by atoms with Crippen LogP contribution in [0.15, 0.2) is 315 Å². The molecule has 462 valence electrons. The van der Waals surface area contributed by atoms with E-state index in [-0.39, 0.29) is 0 Å². The maximum Gasteiger partial charge on any atom is 0.134 e. The minimum atomic E-state index is -0.672. The smallest absolute Gasteiger partial charge is 0.134 e. The molecule has 4 aromatic heterocycles. The lowest BCUT2D eigenvalue weighted by atomic mass is 9.66. The molecule has 20 aromatic rings. The van der Waals surface area contributed by atoms with Gasteiger partial charge in [-0.3, -0.25) is 0 Å². The third kappa shape index (κ3) is 6.75. The van der Waals surface area contributed by atoms with Gasteiger partial charge in [0.05, 0.1) is 32.9 Å². The Bertz CT molecular complexity index is 7090. The van der Waals surface area contributed by atoms with Crippen LogP contribution in [0.5, 0.6) is 23.0 Å². The number of hydrogen-bond acceptors (Lipinski definition) is 4. The Kier molecular flexibility index (Phi) is 10.4. The van der Waals surface area contributed by atoms with Crippen LogP contribution in [0, 0.1) is 0 Å². The fourth-order valence-corrected chi connectivity index (χ4v) is 21.2. The molecule has 24 rings (SSSR count). The van der Waals surface area contributed by atoms with Gasteiger partial charge in [-0.25, -0.2) is 0 Å². The highest BCUT2D eigenvalue weighted by Gasteiger charge is 2.53. The number of fused-ring (bicyclic) bond motifs is 34. The number of para-hydroxylation sites is 2. The molecule has 0 fully saturated rings. The van der Waals surface area contributed by atoms with Gasteiger partial charge in [-0.1, -0.05) is 231 Å². The highest BCUT2D eigenvalue weighted by Crippen LogP contribution is 2.65. The predicted molar refractivity (Wildman–Crippen MR) is 416 cm³/mol. The third-order valence-electron chi connectivity index (χ3n) is 23.0.